The van der Waals surface area contributed by atoms with Gasteiger partial charge in [-0.1, -0.05) is 23.7 Å². The van der Waals surface area contributed by atoms with Crippen LogP contribution < -0.4 is 5.32 Å². The maximum absolute atomic E-state index is 11.8. The number of amides is 1. The average molecular weight is 293 g/mol. The second-order valence-corrected chi connectivity index (χ2v) is 6.33. The van der Waals surface area contributed by atoms with Crippen LogP contribution in [0.5, 0.6) is 0 Å². The summed E-state index contributed by atoms with van der Waals surface area (Å²) in [6.45, 7) is 3.08. The molecule has 0 radical (unpaired) electrons. The Balaban J connectivity index is 1.66. The van der Waals surface area contributed by atoms with Crippen LogP contribution in [0.3, 0.4) is 0 Å². The predicted octanol–water partition coefficient (Wildman–Crippen LogP) is 3.14. The maximum Gasteiger partial charge on any atom is 0.222 e. The summed E-state index contributed by atoms with van der Waals surface area (Å²) < 4.78 is 0. The lowest BCUT2D eigenvalue weighted by Gasteiger charge is -2.30. The topological polar surface area (TPSA) is 32.3 Å². The molecule has 1 unspecified atom stereocenters. The lowest BCUT2D eigenvalue weighted by molar-refractivity contribution is -0.129. The van der Waals surface area contributed by atoms with Gasteiger partial charge in [-0.25, -0.2) is 0 Å². The van der Waals surface area contributed by atoms with Crippen LogP contribution in [-0.4, -0.2) is 29.4 Å². The molecule has 1 aromatic carbocycles. The number of rotatable bonds is 3. The molecule has 108 valence electrons. The largest absolute Gasteiger partial charge is 0.338 e. The van der Waals surface area contributed by atoms with Gasteiger partial charge in [0.05, 0.1) is 0 Å². The second-order valence-electron chi connectivity index (χ2n) is 5.89. The number of nitrogens with zero attached hydrogens (tertiary/aromatic N) is 1. The molecule has 4 heteroatoms. The lowest BCUT2D eigenvalue weighted by atomic mass is 10.0. The molecular formula is C16H21ClN2O. The van der Waals surface area contributed by atoms with E-state index in [2.05, 4.69) is 18.3 Å². The van der Waals surface area contributed by atoms with Gasteiger partial charge < -0.3 is 10.2 Å². The van der Waals surface area contributed by atoms with Crippen LogP contribution in [-0.2, 0) is 4.79 Å². The van der Waals surface area contributed by atoms with Gasteiger partial charge in [-0.3, -0.25) is 4.79 Å². The molecule has 2 aliphatic heterocycles. The molecule has 3 atom stereocenters. The molecule has 0 aliphatic carbocycles. The van der Waals surface area contributed by atoms with Crippen molar-refractivity contribution in [2.75, 3.05) is 6.54 Å². The van der Waals surface area contributed by atoms with Crippen molar-refractivity contribution in [3.8, 4) is 0 Å². The highest BCUT2D eigenvalue weighted by Crippen LogP contribution is 2.31. The van der Waals surface area contributed by atoms with Crippen molar-refractivity contribution in [2.24, 2.45) is 0 Å². The molecule has 0 saturated carbocycles. The van der Waals surface area contributed by atoms with Crippen molar-refractivity contribution in [3.05, 3.63) is 34.9 Å². The Bertz CT molecular complexity index is 505. The fourth-order valence-electron chi connectivity index (χ4n) is 3.45. The first-order valence-corrected chi connectivity index (χ1v) is 7.84. The van der Waals surface area contributed by atoms with Crippen LogP contribution in [0.15, 0.2) is 24.3 Å². The van der Waals surface area contributed by atoms with Crippen LogP contribution in [0.2, 0.25) is 5.02 Å². The van der Waals surface area contributed by atoms with Gasteiger partial charge in [0, 0.05) is 36.1 Å². The zero-order valence-corrected chi connectivity index (χ0v) is 12.6. The summed E-state index contributed by atoms with van der Waals surface area (Å²) in [5.74, 6) is 0.311. The van der Waals surface area contributed by atoms with E-state index in [1.807, 2.05) is 23.1 Å². The molecular weight excluding hydrogens is 272 g/mol. The Labute approximate surface area is 125 Å². The Hall–Kier alpha value is -1.06. The number of nitrogens with one attached hydrogen (secondary N) is 1. The highest BCUT2D eigenvalue weighted by molar-refractivity contribution is 6.30. The minimum absolute atomic E-state index is 0.286. The molecule has 2 saturated heterocycles. The summed E-state index contributed by atoms with van der Waals surface area (Å²) >= 11 is 6.06. The molecule has 1 N–H and O–H groups in total. The van der Waals surface area contributed by atoms with Crippen molar-refractivity contribution in [3.63, 3.8) is 0 Å². The van der Waals surface area contributed by atoms with Crippen LogP contribution in [0, 0.1) is 0 Å². The van der Waals surface area contributed by atoms with Crippen molar-refractivity contribution in [2.45, 2.75) is 50.7 Å². The number of benzene rings is 1. The van der Waals surface area contributed by atoms with Gasteiger partial charge in [-0.15, -0.1) is 0 Å². The van der Waals surface area contributed by atoms with Crippen molar-refractivity contribution < 1.29 is 4.79 Å². The quantitative estimate of drug-likeness (QED) is 0.928. The molecule has 3 rings (SSSR count). The van der Waals surface area contributed by atoms with Gasteiger partial charge in [0.25, 0.3) is 0 Å². The maximum atomic E-state index is 11.8. The van der Waals surface area contributed by atoms with Crippen LogP contribution >= 0.6 is 11.6 Å². The first-order chi connectivity index (χ1) is 9.65. The number of likely N-dealkylation sites (tertiary alicyclic amines) is 1. The highest BCUT2D eigenvalue weighted by atomic mass is 35.5. The van der Waals surface area contributed by atoms with E-state index in [-0.39, 0.29) is 6.04 Å². The molecule has 0 spiro atoms. The molecule has 2 heterocycles. The van der Waals surface area contributed by atoms with Crippen LogP contribution in [0.1, 0.15) is 44.2 Å². The zero-order chi connectivity index (χ0) is 14.1. The van der Waals surface area contributed by atoms with Crippen molar-refractivity contribution >= 4 is 17.5 Å². The summed E-state index contributed by atoms with van der Waals surface area (Å²) in [6, 6.07) is 9.10. The van der Waals surface area contributed by atoms with E-state index in [0.29, 0.717) is 18.0 Å². The number of hydrogen-bond donors (Lipinski definition) is 1. The summed E-state index contributed by atoms with van der Waals surface area (Å²) in [7, 11) is 0. The summed E-state index contributed by atoms with van der Waals surface area (Å²) in [5, 5.41) is 4.47. The Morgan fingerprint density at radius 2 is 2.25 bits per heavy atom. The van der Waals surface area contributed by atoms with E-state index in [1.165, 1.54) is 5.56 Å². The van der Waals surface area contributed by atoms with Crippen LogP contribution in [0.4, 0.5) is 0 Å². The molecule has 0 aromatic heterocycles. The third-order valence-corrected chi connectivity index (χ3v) is 4.85. The molecule has 1 aromatic rings. The number of carbonyl (C=O) groups is 1. The molecule has 2 fully saturated rings. The normalized spacial score (nSPS) is 28.1. The summed E-state index contributed by atoms with van der Waals surface area (Å²) in [6.07, 6.45) is 3.95. The minimum atomic E-state index is 0.286. The van der Waals surface area contributed by atoms with Gasteiger partial charge in [0.15, 0.2) is 0 Å². The smallest absolute Gasteiger partial charge is 0.222 e. The van der Waals surface area contributed by atoms with Crippen molar-refractivity contribution in [1.82, 2.24) is 10.2 Å². The Morgan fingerprint density at radius 1 is 1.40 bits per heavy atom. The zero-order valence-electron chi connectivity index (χ0n) is 11.8. The first-order valence-electron chi connectivity index (χ1n) is 7.46. The average Bonchev–Trinajstić information content (AvgIpc) is 3.07. The number of carbonyl (C=O) groups excluding carboxylic acids is 1. The van der Waals surface area contributed by atoms with Crippen molar-refractivity contribution in [1.29, 1.82) is 0 Å². The number of halogens is 1. The van der Waals surface area contributed by atoms with E-state index in [0.717, 1.165) is 37.3 Å². The lowest BCUT2D eigenvalue weighted by Crippen LogP contribution is -2.46. The highest BCUT2D eigenvalue weighted by Gasteiger charge is 2.34. The first kappa shape index (κ1) is 13.9. The molecule has 1 amide bonds. The SMILES string of the molecule is CC([C@H]1CC[C@@H](c2cccc(Cl)c2)N1)N1CCCC1=O. The minimum Gasteiger partial charge on any atom is -0.338 e. The van der Waals surface area contributed by atoms with Crippen LogP contribution in [0.25, 0.3) is 0 Å². The third-order valence-electron chi connectivity index (χ3n) is 4.62. The van der Waals surface area contributed by atoms with Gasteiger partial charge >= 0.3 is 0 Å². The van der Waals surface area contributed by atoms with Gasteiger partial charge in [0.2, 0.25) is 5.91 Å². The Morgan fingerprint density at radius 3 is 2.95 bits per heavy atom. The monoisotopic (exact) mass is 292 g/mol. The van der Waals surface area contributed by atoms with E-state index in [9.17, 15) is 4.79 Å². The standard InChI is InChI=1S/C16H21ClN2O/c1-11(19-9-3-6-16(19)20)14-7-8-15(18-14)12-4-2-5-13(17)10-12/h2,4-5,10-11,14-15,18H,3,6-9H2,1H3/t11?,14-,15+/m1/s1. The summed E-state index contributed by atoms with van der Waals surface area (Å²) in [4.78, 5) is 13.9. The van der Waals surface area contributed by atoms with Gasteiger partial charge in [0.1, 0.15) is 0 Å². The molecule has 20 heavy (non-hydrogen) atoms. The van der Waals surface area contributed by atoms with Gasteiger partial charge in [-0.05, 0) is 43.9 Å². The number of hydrogen-bond acceptors (Lipinski definition) is 2. The molecule has 0 bridgehead atoms. The second kappa shape index (κ2) is 5.74. The van der Waals surface area contributed by atoms with E-state index >= 15 is 0 Å². The van der Waals surface area contributed by atoms with E-state index in [4.69, 9.17) is 11.6 Å². The third kappa shape index (κ3) is 2.70. The van der Waals surface area contributed by atoms with Gasteiger partial charge in [-0.2, -0.15) is 0 Å². The van der Waals surface area contributed by atoms with E-state index < -0.39 is 0 Å². The fraction of sp³-hybridized carbons (Fsp3) is 0.562. The van der Waals surface area contributed by atoms with E-state index in [1.54, 1.807) is 0 Å². The Kier molecular flexibility index (Phi) is 3.99. The molecule has 2 aliphatic rings. The fourth-order valence-corrected chi connectivity index (χ4v) is 3.65. The predicted molar refractivity (Wildman–Crippen MR) is 80.8 cm³/mol. The molecule has 3 nitrogen and oxygen atoms in total. The summed E-state index contributed by atoms with van der Waals surface area (Å²) in [5.41, 5.74) is 1.25.